The topological polar surface area (TPSA) is 71.3 Å². The van der Waals surface area contributed by atoms with E-state index in [9.17, 15) is 0 Å². The molecule has 0 N–H and O–H groups in total. The van der Waals surface area contributed by atoms with E-state index in [1.54, 1.807) is 31.1 Å². The molecule has 4 heterocycles. The van der Waals surface area contributed by atoms with Crippen LogP contribution in [0, 0.1) is 5.41 Å². The molecule has 0 atom stereocenters. The molecule has 0 aromatic carbocycles. The van der Waals surface area contributed by atoms with E-state index in [0.29, 0.717) is 19.6 Å². The second-order valence-electron chi connectivity index (χ2n) is 6.40. The average Bonchev–Trinajstić information content (AvgIpc) is 3.42. The first kappa shape index (κ1) is 16.1. The van der Waals surface area contributed by atoms with Gasteiger partial charge in [-0.2, -0.15) is 0 Å². The van der Waals surface area contributed by atoms with E-state index < -0.39 is 0 Å². The minimum atomic E-state index is -0.344. The molecule has 0 amide bonds. The van der Waals surface area contributed by atoms with Crippen LogP contribution in [0.3, 0.4) is 0 Å². The van der Waals surface area contributed by atoms with Crippen LogP contribution in [0.25, 0.3) is 5.70 Å². The van der Waals surface area contributed by atoms with E-state index >= 15 is 0 Å². The van der Waals surface area contributed by atoms with Gasteiger partial charge < -0.3 is 18.3 Å². The third-order valence-corrected chi connectivity index (χ3v) is 4.56. The van der Waals surface area contributed by atoms with Gasteiger partial charge in [0.1, 0.15) is 0 Å². The third kappa shape index (κ3) is 3.21. The molecule has 0 unspecified atom stereocenters. The summed E-state index contributed by atoms with van der Waals surface area (Å²) in [5.74, 6) is 0. The van der Waals surface area contributed by atoms with Crippen LogP contribution in [0.5, 0.6) is 0 Å². The first-order chi connectivity index (χ1) is 12.8. The number of allylic oxidation sites excluding steroid dienone is 1. The Kier molecular flexibility index (Phi) is 4.22. The summed E-state index contributed by atoms with van der Waals surface area (Å²) in [7, 11) is 0. The zero-order chi connectivity index (χ0) is 17.8. The Morgan fingerprint density at radius 3 is 1.42 bits per heavy atom. The monoisotopic (exact) mass is 348 g/mol. The average molecular weight is 348 g/mol. The maximum Gasteiger partial charge on any atom is 0.0989 e. The number of nitrogens with zero attached hydrogens (tertiary/aromatic N) is 8. The van der Waals surface area contributed by atoms with Gasteiger partial charge in [0.05, 0.1) is 30.7 Å². The van der Waals surface area contributed by atoms with Gasteiger partial charge in [-0.3, -0.25) is 0 Å². The van der Waals surface area contributed by atoms with E-state index in [2.05, 4.69) is 40.2 Å². The third-order valence-electron chi connectivity index (χ3n) is 4.56. The first-order valence-corrected chi connectivity index (χ1v) is 8.30. The summed E-state index contributed by atoms with van der Waals surface area (Å²) in [5, 5.41) is 0. The molecule has 4 rings (SSSR count). The van der Waals surface area contributed by atoms with Crippen LogP contribution in [-0.4, -0.2) is 38.2 Å². The van der Waals surface area contributed by atoms with Crippen molar-refractivity contribution < 1.29 is 0 Å². The Balaban J connectivity index is 1.78. The smallest absolute Gasteiger partial charge is 0.0989 e. The fraction of sp³-hybridized carbons (Fsp3) is 0.222. The number of imidazole rings is 4. The molecule has 0 aliphatic heterocycles. The molecule has 0 bridgehead atoms. The summed E-state index contributed by atoms with van der Waals surface area (Å²) in [5.41, 5.74) is 0.606. The summed E-state index contributed by atoms with van der Waals surface area (Å²) in [6.07, 6.45) is 22.2. The Hall–Kier alpha value is -3.42. The predicted octanol–water partition coefficient (Wildman–Crippen LogP) is 2.03. The highest BCUT2D eigenvalue weighted by atomic mass is 15.1. The second-order valence-corrected chi connectivity index (χ2v) is 6.40. The summed E-state index contributed by atoms with van der Waals surface area (Å²) >= 11 is 0. The van der Waals surface area contributed by atoms with E-state index in [4.69, 9.17) is 0 Å². The SMILES string of the molecule is C=C(n1ccnc1)C(Cn1ccnc1)(Cn1ccnc1)Cn1ccnc1. The van der Waals surface area contributed by atoms with E-state index in [1.807, 2.05) is 48.3 Å². The van der Waals surface area contributed by atoms with Gasteiger partial charge in [-0.1, -0.05) is 6.58 Å². The van der Waals surface area contributed by atoms with Crippen LogP contribution in [0.2, 0.25) is 0 Å². The van der Waals surface area contributed by atoms with Crippen LogP contribution in [0.1, 0.15) is 0 Å². The minimum absolute atomic E-state index is 0.344. The lowest BCUT2D eigenvalue weighted by Gasteiger charge is -2.37. The van der Waals surface area contributed by atoms with Crippen molar-refractivity contribution in [2.75, 3.05) is 0 Å². The number of hydrogen-bond acceptors (Lipinski definition) is 4. The van der Waals surface area contributed by atoms with E-state index in [-0.39, 0.29) is 5.41 Å². The molecule has 0 radical (unpaired) electrons. The first-order valence-electron chi connectivity index (χ1n) is 8.30. The lowest BCUT2D eigenvalue weighted by atomic mass is 9.83. The van der Waals surface area contributed by atoms with Crippen molar-refractivity contribution in [3.05, 3.63) is 81.5 Å². The molecule has 8 heteroatoms. The number of hydrogen-bond donors (Lipinski definition) is 0. The van der Waals surface area contributed by atoms with Gasteiger partial charge in [-0.05, 0) is 0 Å². The fourth-order valence-electron chi connectivity index (χ4n) is 3.31. The number of aromatic nitrogens is 8. The van der Waals surface area contributed by atoms with Crippen molar-refractivity contribution in [1.29, 1.82) is 0 Å². The molecule has 4 aromatic rings. The Bertz CT molecular complexity index is 829. The maximum atomic E-state index is 4.43. The molecular weight excluding hydrogens is 328 g/mol. The quantitative estimate of drug-likeness (QED) is 0.488. The summed E-state index contributed by atoms with van der Waals surface area (Å²) in [6.45, 7) is 6.56. The van der Waals surface area contributed by atoms with Gasteiger partial charge in [-0.25, -0.2) is 19.9 Å². The highest BCUT2D eigenvalue weighted by molar-refractivity contribution is 5.49. The molecule has 0 spiro atoms. The summed E-state index contributed by atoms with van der Waals surface area (Å²) in [4.78, 5) is 16.8. The maximum absolute atomic E-state index is 4.43. The van der Waals surface area contributed by atoms with Gasteiger partial charge in [0.15, 0.2) is 0 Å². The highest BCUT2D eigenvalue weighted by Gasteiger charge is 2.36. The molecule has 132 valence electrons. The molecule has 0 saturated heterocycles. The standard InChI is InChI=1S/C18H20N8/c1-17(26-9-5-22-16-26)18(10-23-6-2-19-13-23,11-24-7-3-20-14-24)12-25-8-4-21-15-25/h2-9,13-16H,1,10-12H2. The Morgan fingerprint density at radius 1 is 0.654 bits per heavy atom. The molecule has 4 aromatic heterocycles. The van der Waals surface area contributed by atoms with Crippen molar-refractivity contribution >= 4 is 5.70 Å². The molecule has 8 nitrogen and oxygen atoms in total. The van der Waals surface area contributed by atoms with Gasteiger partial charge in [0, 0.05) is 74.9 Å². The predicted molar refractivity (Wildman–Crippen MR) is 96.7 cm³/mol. The Morgan fingerprint density at radius 2 is 1.08 bits per heavy atom. The fourth-order valence-corrected chi connectivity index (χ4v) is 3.31. The number of rotatable bonds is 8. The van der Waals surface area contributed by atoms with Crippen molar-refractivity contribution in [3.63, 3.8) is 0 Å². The minimum Gasteiger partial charge on any atom is -0.336 e. The van der Waals surface area contributed by atoms with Crippen molar-refractivity contribution in [2.45, 2.75) is 19.6 Å². The van der Waals surface area contributed by atoms with Gasteiger partial charge in [0.2, 0.25) is 0 Å². The molecule has 26 heavy (non-hydrogen) atoms. The molecular formula is C18H20N8. The molecule has 0 saturated carbocycles. The van der Waals surface area contributed by atoms with Crippen molar-refractivity contribution in [1.82, 2.24) is 38.2 Å². The van der Waals surface area contributed by atoms with Crippen LogP contribution >= 0.6 is 0 Å². The lowest BCUT2D eigenvalue weighted by Crippen LogP contribution is -2.38. The summed E-state index contributed by atoms with van der Waals surface area (Å²) < 4.78 is 8.21. The normalized spacial score (nSPS) is 11.7. The van der Waals surface area contributed by atoms with Crippen molar-refractivity contribution in [2.24, 2.45) is 5.41 Å². The van der Waals surface area contributed by atoms with E-state index in [1.165, 1.54) is 0 Å². The van der Waals surface area contributed by atoms with Gasteiger partial charge in [0.25, 0.3) is 0 Å². The second kappa shape index (κ2) is 6.83. The summed E-state index contributed by atoms with van der Waals surface area (Å²) in [6, 6.07) is 0. The van der Waals surface area contributed by atoms with E-state index in [0.717, 1.165) is 5.70 Å². The highest BCUT2D eigenvalue weighted by Crippen LogP contribution is 2.36. The zero-order valence-electron chi connectivity index (χ0n) is 14.3. The largest absolute Gasteiger partial charge is 0.336 e. The zero-order valence-corrected chi connectivity index (χ0v) is 14.3. The molecule has 0 fully saturated rings. The van der Waals surface area contributed by atoms with Crippen molar-refractivity contribution in [3.8, 4) is 0 Å². The Labute approximate surface area is 151 Å². The van der Waals surface area contributed by atoms with Gasteiger partial charge >= 0.3 is 0 Å². The lowest BCUT2D eigenvalue weighted by molar-refractivity contribution is 0.238. The molecule has 0 aliphatic carbocycles. The molecule has 0 aliphatic rings. The van der Waals surface area contributed by atoms with Crippen LogP contribution in [0.4, 0.5) is 0 Å². The van der Waals surface area contributed by atoms with Gasteiger partial charge in [-0.15, -0.1) is 0 Å². The van der Waals surface area contributed by atoms with Crippen LogP contribution < -0.4 is 0 Å². The van der Waals surface area contributed by atoms with Crippen LogP contribution in [-0.2, 0) is 19.6 Å². The van der Waals surface area contributed by atoms with Crippen LogP contribution in [0.15, 0.2) is 81.5 Å².